The average Bonchev–Trinajstić information content (AvgIpc) is 3.15. The van der Waals surface area contributed by atoms with Crippen molar-refractivity contribution in [3.8, 4) is 17.0 Å². The summed E-state index contributed by atoms with van der Waals surface area (Å²) in [5, 5.41) is 5.38. The lowest BCUT2D eigenvalue weighted by Gasteiger charge is -2.09. The van der Waals surface area contributed by atoms with Crippen LogP contribution in [0, 0.1) is 0 Å². The first kappa shape index (κ1) is 18.1. The van der Waals surface area contributed by atoms with Gasteiger partial charge >= 0.3 is 0 Å². The smallest absolute Gasteiger partial charge is 0.261 e. The molecule has 4 nitrogen and oxygen atoms in total. The Morgan fingerprint density at radius 1 is 1.19 bits per heavy atom. The minimum absolute atomic E-state index is 0.226. The number of ether oxygens (including phenoxy) is 1. The summed E-state index contributed by atoms with van der Waals surface area (Å²) in [5.41, 5.74) is 3.73. The molecule has 1 N–H and O–H groups in total. The molecule has 1 amide bonds. The van der Waals surface area contributed by atoms with Crippen LogP contribution in [0.2, 0.25) is 0 Å². The van der Waals surface area contributed by atoms with Crippen LogP contribution in [0.5, 0.6) is 5.75 Å². The van der Waals surface area contributed by atoms with E-state index in [9.17, 15) is 4.79 Å². The Morgan fingerprint density at radius 2 is 1.92 bits per heavy atom. The van der Waals surface area contributed by atoms with Gasteiger partial charge < -0.3 is 4.74 Å². The van der Waals surface area contributed by atoms with Crippen LogP contribution < -0.4 is 10.1 Å². The van der Waals surface area contributed by atoms with E-state index in [1.165, 1.54) is 16.9 Å². The van der Waals surface area contributed by atoms with E-state index in [2.05, 4.69) is 48.4 Å². The fourth-order valence-corrected chi connectivity index (χ4v) is 3.39. The molecule has 5 heteroatoms. The molecular weight excluding hydrogens is 344 g/mol. The predicted octanol–water partition coefficient (Wildman–Crippen LogP) is 5.58. The van der Waals surface area contributed by atoms with Crippen molar-refractivity contribution < 1.29 is 9.53 Å². The van der Waals surface area contributed by atoms with Crippen molar-refractivity contribution >= 4 is 22.4 Å². The van der Waals surface area contributed by atoms with Crippen LogP contribution in [0.4, 0.5) is 5.13 Å². The lowest BCUT2D eigenvalue weighted by molar-refractivity contribution is 0.102. The largest absolute Gasteiger partial charge is 0.496 e. The Bertz CT molecular complexity index is 887. The highest BCUT2D eigenvalue weighted by Crippen LogP contribution is 2.28. The standard InChI is InChI=1S/C21H22N2O2S/c1-4-14(2)15-9-11-16(12-10-15)18-13-26-21(22-18)23-20(24)17-7-5-6-8-19(17)25-3/h5-14H,4H2,1-3H3,(H,22,23,24). The SMILES string of the molecule is CCC(C)c1ccc(-c2csc(NC(=O)c3ccccc3OC)n2)cc1. The second-order valence-electron chi connectivity index (χ2n) is 6.12. The molecule has 0 saturated heterocycles. The zero-order valence-electron chi connectivity index (χ0n) is 15.2. The number of nitrogens with zero attached hydrogens (tertiary/aromatic N) is 1. The number of thiazole rings is 1. The van der Waals surface area contributed by atoms with Crippen LogP contribution in [0.25, 0.3) is 11.3 Å². The number of anilines is 1. The maximum atomic E-state index is 12.5. The third kappa shape index (κ3) is 3.94. The number of carbonyl (C=O) groups excluding carboxylic acids is 1. The molecule has 0 fully saturated rings. The van der Waals surface area contributed by atoms with Gasteiger partial charge in [0.2, 0.25) is 0 Å². The number of aromatic nitrogens is 1. The van der Waals surface area contributed by atoms with Crippen LogP contribution >= 0.6 is 11.3 Å². The van der Waals surface area contributed by atoms with Gasteiger partial charge in [-0.05, 0) is 30.0 Å². The number of nitrogens with one attached hydrogen (secondary N) is 1. The molecule has 0 saturated carbocycles. The van der Waals surface area contributed by atoms with Crippen molar-refractivity contribution in [3.63, 3.8) is 0 Å². The van der Waals surface area contributed by atoms with Gasteiger partial charge in [-0.25, -0.2) is 4.98 Å². The lowest BCUT2D eigenvalue weighted by Crippen LogP contribution is -2.12. The first-order valence-electron chi connectivity index (χ1n) is 8.62. The first-order valence-corrected chi connectivity index (χ1v) is 9.50. The van der Waals surface area contributed by atoms with Crippen molar-refractivity contribution in [2.24, 2.45) is 0 Å². The highest BCUT2D eigenvalue weighted by molar-refractivity contribution is 7.14. The van der Waals surface area contributed by atoms with Crippen molar-refractivity contribution in [1.29, 1.82) is 0 Å². The van der Waals surface area contributed by atoms with Crippen molar-refractivity contribution in [3.05, 3.63) is 65.0 Å². The van der Waals surface area contributed by atoms with Crippen molar-refractivity contribution in [2.75, 3.05) is 12.4 Å². The number of carbonyl (C=O) groups is 1. The number of methoxy groups -OCH3 is 1. The zero-order chi connectivity index (χ0) is 18.5. The molecule has 26 heavy (non-hydrogen) atoms. The molecule has 2 aromatic carbocycles. The summed E-state index contributed by atoms with van der Waals surface area (Å²) in [6, 6.07) is 15.6. The second kappa shape index (κ2) is 8.15. The average molecular weight is 366 g/mol. The van der Waals surface area contributed by atoms with Gasteiger partial charge in [0.1, 0.15) is 5.75 Å². The number of benzene rings is 2. The Labute approximate surface area is 157 Å². The molecule has 1 aromatic heterocycles. The highest BCUT2D eigenvalue weighted by atomic mass is 32.1. The monoisotopic (exact) mass is 366 g/mol. The first-order chi connectivity index (χ1) is 12.6. The fourth-order valence-electron chi connectivity index (χ4n) is 2.68. The summed E-state index contributed by atoms with van der Waals surface area (Å²) < 4.78 is 5.24. The maximum Gasteiger partial charge on any atom is 0.261 e. The molecule has 0 aliphatic carbocycles. The number of hydrogen-bond acceptors (Lipinski definition) is 4. The Balaban J connectivity index is 1.74. The predicted molar refractivity (Wildman–Crippen MR) is 107 cm³/mol. The van der Waals surface area contributed by atoms with E-state index in [0.717, 1.165) is 17.7 Å². The van der Waals surface area contributed by atoms with E-state index in [0.29, 0.717) is 22.4 Å². The fraction of sp³-hybridized carbons (Fsp3) is 0.238. The quantitative estimate of drug-likeness (QED) is 0.619. The van der Waals surface area contributed by atoms with Gasteiger partial charge in [-0.3, -0.25) is 10.1 Å². The Hall–Kier alpha value is -2.66. The van der Waals surface area contributed by atoms with Crippen LogP contribution in [0.3, 0.4) is 0 Å². The number of amides is 1. The summed E-state index contributed by atoms with van der Waals surface area (Å²) >= 11 is 1.41. The number of para-hydroxylation sites is 1. The highest BCUT2D eigenvalue weighted by Gasteiger charge is 2.14. The lowest BCUT2D eigenvalue weighted by atomic mass is 9.97. The van der Waals surface area contributed by atoms with E-state index in [-0.39, 0.29) is 5.91 Å². The van der Waals surface area contributed by atoms with Crippen LogP contribution in [-0.2, 0) is 0 Å². The third-order valence-electron chi connectivity index (χ3n) is 4.46. The summed E-state index contributed by atoms with van der Waals surface area (Å²) in [4.78, 5) is 17.0. The van der Waals surface area contributed by atoms with Crippen LogP contribution in [0.1, 0.15) is 42.1 Å². The van der Waals surface area contributed by atoms with Gasteiger partial charge in [0.05, 0.1) is 18.4 Å². The number of hydrogen-bond donors (Lipinski definition) is 1. The van der Waals surface area contributed by atoms with Gasteiger partial charge in [0.15, 0.2) is 5.13 Å². The second-order valence-corrected chi connectivity index (χ2v) is 6.98. The molecule has 134 valence electrons. The zero-order valence-corrected chi connectivity index (χ0v) is 16.0. The van der Waals surface area contributed by atoms with E-state index in [1.54, 1.807) is 19.2 Å². The molecule has 3 rings (SSSR count). The van der Waals surface area contributed by atoms with E-state index in [4.69, 9.17) is 4.74 Å². The summed E-state index contributed by atoms with van der Waals surface area (Å²) in [7, 11) is 1.55. The molecule has 1 heterocycles. The minimum atomic E-state index is -0.226. The van der Waals surface area contributed by atoms with Crippen LogP contribution in [0.15, 0.2) is 53.9 Å². The van der Waals surface area contributed by atoms with E-state index in [1.807, 2.05) is 17.5 Å². The van der Waals surface area contributed by atoms with Gasteiger partial charge in [-0.2, -0.15) is 0 Å². The molecule has 1 unspecified atom stereocenters. The Morgan fingerprint density at radius 3 is 2.62 bits per heavy atom. The van der Waals surface area contributed by atoms with Gasteiger partial charge in [0, 0.05) is 10.9 Å². The molecule has 0 bridgehead atoms. The molecule has 0 aliphatic rings. The van der Waals surface area contributed by atoms with Crippen LogP contribution in [-0.4, -0.2) is 18.0 Å². The summed E-state index contributed by atoms with van der Waals surface area (Å²) in [6.45, 7) is 4.42. The number of rotatable bonds is 6. The molecule has 1 atom stereocenters. The summed E-state index contributed by atoms with van der Waals surface area (Å²) in [5.74, 6) is 0.869. The Kier molecular flexibility index (Phi) is 5.68. The van der Waals surface area contributed by atoms with E-state index < -0.39 is 0 Å². The maximum absolute atomic E-state index is 12.5. The summed E-state index contributed by atoms with van der Waals surface area (Å²) in [6.07, 6.45) is 1.12. The molecule has 0 radical (unpaired) electrons. The molecular formula is C21H22N2O2S. The normalized spacial score (nSPS) is 11.8. The topological polar surface area (TPSA) is 51.2 Å². The molecule has 0 aliphatic heterocycles. The van der Waals surface area contributed by atoms with Gasteiger partial charge in [-0.15, -0.1) is 11.3 Å². The third-order valence-corrected chi connectivity index (χ3v) is 5.22. The molecule has 3 aromatic rings. The minimum Gasteiger partial charge on any atom is -0.496 e. The van der Waals surface area contributed by atoms with Gasteiger partial charge in [-0.1, -0.05) is 50.2 Å². The van der Waals surface area contributed by atoms with Gasteiger partial charge in [0.25, 0.3) is 5.91 Å². The van der Waals surface area contributed by atoms with Crippen molar-refractivity contribution in [1.82, 2.24) is 4.98 Å². The van der Waals surface area contributed by atoms with E-state index >= 15 is 0 Å². The molecule has 0 spiro atoms. The van der Waals surface area contributed by atoms with Crippen molar-refractivity contribution in [2.45, 2.75) is 26.2 Å².